The average molecular weight is 1380 g/mol. The first-order valence-corrected chi connectivity index (χ1v) is 36.0. The maximum Gasteiger partial charge on any atom is 0.199 e. The number of hydrogen-bond acceptors (Lipinski definition) is 11. The fourth-order valence-electron chi connectivity index (χ4n) is 16.6. The summed E-state index contributed by atoms with van der Waals surface area (Å²) in [7, 11) is 0. The molecule has 0 fully saturated rings. The van der Waals surface area contributed by atoms with Gasteiger partial charge in [-0.25, -0.2) is 54.8 Å². The van der Waals surface area contributed by atoms with Crippen molar-refractivity contribution in [3.8, 4) is 130 Å². The Bertz CT molecular complexity index is 6740. The molecule has 8 heterocycles. The van der Waals surface area contributed by atoms with Gasteiger partial charge in [0.15, 0.2) is 33.9 Å². The summed E-state index contributed by atoms with van der Waals surface area (Å²) in [6, 6.07) is 96.5. The van der Waals surface area contributed by atoms with Crippen molar-refractivity contribution in [3.05, 3.63) is 326 Å². The third-order valence-corrected chi connectivity index (χ3v) is 21.8. The molecule has 2 aliphatic rings. The van der Waals surface area contributed by atoms with Crippen LogP contribution in [0.25, 0.3) is 185 Å². The topological polar surface area (TPSA) is 157 Å². The molecule has 504 valence electrons. The predicted molar refractivity (Wildman–Crippen MR) is 426 cm³/mol. The van der Waals surface area contributed by atoms with Gasteiger partial charge in [-0.3, -0.25) is 13.7 Å². The molecular weight excluding hydrogens is 1310 g/mol. The van der Waals surface area contributed by atoms with Crippen LogP contribution in [0.1, 0.15) is 49.9 Å². The van der Waals surface area contributed by atoms with Crippen LogP contribution in [-0.2, 0) is 10.8 Å². The molecule has 21 rings (SSSR count). The van der Waals surface area contributed by atoms with Crippen molar-refractivity contribution < 1.29 is 0 Å². The maximum absolute atomic E-state index is 5.82. The van der Waals surface area contributed by atoms with Gasteiger partial charge in [0.1, 0.15) is 17.5 Å². The Morgan fingerprint density at radius 1 is 0.243 bits per heavy atom. The number of imidazole rings is 3. The second kappa shape index (κ2) is 23.7. The fourth-order valence-corrected chi connectivity index (χ4v) is 16.6. The molecule has 107 heavy (non-hydrogen) atoms. The van der Waals surface area contributed by atoms with Crippen LogP contribution in [-0.4, -0.2) is 68.5 Å². The lowest BCUT2D eigenvalue weighted by Gasteiger charge is -2.22. The minimum Gasteiger partial charge on any atom is -0.275 e. The molecule has 8 aromatic heterocycles. The number of aromatic nitrogens is 14. The van der Waals surface area contributed by atoms with E-state index in [1.54, 1.807) is 24.8 Å². The third kappa shape index (κ3) is 9.75. The van der Waals surface area contributed by atoms with Gasteiger partial charge in [-0.05, 0) is 152 Å². The Morgan fingerprint density at radius 3 is 1.10 bits per heavy atom. The third-order valence-electron chi connectivity index (χ3n) is 21.8. The lowest BCUT2D eigenvalue weighted by molar-refractivity contribution is 0.660. The second-order valence-corrected chi connectivity index (χ2v) is 28.7. The zero-order chi connectivity index (χ0) is 71.2. The summed E-state index contributed by atoms with van der Waals surface area (Å²) in [5, 5.41) is 1.98. The number of para-hydroxylation sites is 3. The molecule has 0 saturated carbocycles. The van der Waals surface area contributed by atoms with Gasteiger partial charge in [-0.2, -0.15) is 0 Å². The molecule has 0 N–H and O–H groups in total. The first kappa shape index (κ1) is 61.5. The minimum absolute atomic E-state index is 0.202. The van der Waals surface area contributed by atoms with Crippen molar-refractivity contribution in [2.45, 2.75) is 38.5 Å². The van der Waals surface area contributed by atoms with Crippen molar-refractivity contribution in [2.24, 2.45) is 0 Å². The van der Waals surface area contributed by atoms with Gasteiger partial charge in [-0.1, -0.05) is 216 Å². The molecule has 2 aliphatic carbocycles. The molecule has 0 amide bonds. The molecule has 0 bridgehead atoms. The van der Waals surface area contributed by atoms with E-state index in [4.69, 9.17) is 54.8 Å². The highest BCUT2D eigenvalue weighted by Gasteiger charge is 2.37. The van der Waals surface area contributed by atoms with Crippen molar-refractivity contribution in [1.82, 2.24) is 68.5 Å². The largest absolute Gasteiger partial charge is 0.275 e. The number of fused-ring (bicyclic) bond motifs is 12. The van der Waals surface area contributed by atoms with Gasteiger partial charge in [0, 0.05) is 96.8 Å². The quantitative estimate of drug-likeness (QED) is 0.114. The zero-order valence-corrected chi connectivity index (χ0v) is 58.6. The highest BCUT2D eigenvalue weighted by molar-refractivity contribution is 6.14. The Hall–Kier alpha value is -14.1. The number of benzene rings is 11. The number of rotatable bonds is 11. The molecule has 19 aromatic rings. The van der Waals surface area contributed by atoms with Gasteiger partial charge in [-0.15, -0.1) is 0 Å². The van der Waals surface area contributed by atoms with E-state index in [2.05, 4.69) is 226 Å². The Balaban J connectivity index is 0.758. The van der Waals surface area contributed by atoms with Crippen LogP contribution in [0.2, 0.25) is 0 Å². The van der Waals surface area contributed by atoms with E-state index in [1.807, 2.05) is 94.2 Å². The first-order chi connectivity index (χ1) is 52.5. The van der Waals surface area contributed by atoms with E-state index < -0.39 is 0 Å². The summed E-state index contributed by atoms with van der Waals surface area (Å²) in [4.78, 5) is 57.7. The van der Waals surface area contributed by atoms with Gasteiger partial charge in [0.05, 0.1) is 34.3 Å². The van der Waals surface area contributed by atoms with Crippen LogP contribution in [0.4, 0.5) is 0 Å². The van der Waals surface area contributed by atoms with E-state index in [9.17, 15) is 0 Å². The van der Waals surface area contributed by atoms with Gasteiger partial charge in [0.25, 0.3) is 0 Å². The summed E-state index contributed by atoms with van der Waals surface area (Å²) in [6.07, 6.45) is 8.60. The maximum atomic E-state index is 5.82. The molecule has 0 spiro atoms. The van der Waals surface area contributed by atoms with Gasteiger partial charge < -0.3 is 0 Å². The van der Waals surface area contributed by atoms with E-state index in [-0.39, 0.29) is 10.8 Å². The molecule has 0 atom stereocenters. The van der Waals surface area contributed by atoms with E-state index in [0.29, 0.717) is 57.1 Å². The monoisotopic (exact) mass is 1370 g/mol. The summed E-state index contributed by atoms with van der Waals surface area (Å²) >= 11 is 0. The smallest absolute Gasteiger partial charge is 0.199 e. The predicted octanol–water partition coefficient (Wildman–Crippen LogP) is 21.1. The normalized spacial score (nSPS) is 13.2. The molecule has 14 nitrogen and oxygen atoms in total. The van der Waals surface area contributed by atoms with Crippen LogP contribution in [0.3, 0.4) is 0 Å². The van der Waals surface area contributed by atoms with E-state index >= 15 is 0 Å². The van der Waals surface area contributed by atoms with Crippen molar-refractivity contribution in [2.75, 3.05) is 0 Å². The average Bonchev–Trinajstić information content (AvgIpc) is 1.73. The van der Waals surface area contributed by atoms with Crippen molar-refractivity contribution in [1.29, 1.82) is 0 Å². The fraction of sp³-hybridized carbons (Fsp3) is 0.0645. The molecule has 0 aliphatic heterocycles. The van der Waals surface area contributed by atoms with Crippen molar-refractivity contribution in [3.63, 3.8) is 0 Å². The molecular formula is C93H62N14. The lowest BCUT2D eigenvalue weighted by Crippen LogP contribution is -2.15. The Kier molecular flexibility index (Phi) is 13.6. The first-order valence-electron chi connectivity index (χ1n) is 36.0. The van der Waals surface area contributed by atoms with Crippen LogP contribution >= 0.6 is 0 Å². The summed E-state index contributed by atoms with van der Waals surface area (Å²) in [6.45, 7) is 9.33. The Morgan fingerprint density at radius 2 is 0.617 bits per heavy atom. The molecule has 0 saturated heterocycles. The van der Waals surface area contributed by atoms with E-state index in [0.717, 1.165) is 106 Å². The highest BCUT2D eigenvalue weighted by atomic mass is 15.2. The van der Waals surface area contributed by atoms with E-state index in [1.165, 1.54) is 44.5 Å². The summed E-state index contributed by atoms with van der Waals surface area (Å²) in [5.74, 6) is 1.83. The standard InChI is InChI=1S/C93H62N14/c1-92(2)74-34-19-17-32-66(74)68-38-36-58(50-76(68)92)78-52-72(55-22-9-5-10-23-55)70-40-41-71-73(53-79(100-82(71)81(70)99-78)59-37-39-69-67-33-18-20-35-75(67)93(3,4)77(69)51-59)56-24-21-25-57(46-56)80-54-98-91-85(101-80)104-88(107(91)65-30-15-8-16-31-65)62-48-60(86-102-83-89(96-44-42-94-83)105(86)63-26-11-6-12-27-63)47-61(49-62)87-103-84-90(97-45-43-95-84)106(87)64-28-13-7-14-29-64/h5-54H,1-4H3. The summed E-state index contributed by atoms with van der Waals surface area (Å²) < 4.78 is 6.18. The zero-order valence-electron chi connectivity index (χ0n) is 58.6. The Labute approximate surface area is 614 Å². The van der Waals surface area contributed by atoms with Gasteiger partial charge >= 0.3 is 0 Å². The number of hydrogen-bond donors (Lipinski definition) is 0. The van der Waals surface area contributed by atoms with Crippen LogP contribution in [0, 0.1) is 0 Å². The number of pyridine rings is 2. The minimum atomic E-state index is -0.237. The van der Waals surface area contributed by atoms with Crippen molar-refractivity contribution >= 4 is 55.7 Å². The second-order valence-electron chi connectivity index (χ2n) is 28.7. The molecule has 11 aromatic carbocycles. The SMILES string of the molecule is CC1(C)c2ccccc2-c2ccc(-c3cc(-c4ccccc4)c4ccc5c(-c6cccc(-c7cnc8c(n7)nc(-c7cc(-c9nc%10nccnc%10n9-c9ccccc9)cc(-c9nc%10nccnc%10n9-c9ccccc9)c7)n8-c7ccccc7)c6)cc(-c6ccc7c(c6)C(C)(C)c6ccccc6-7)nc5c4n3)cc21. The van der Waals surface area contributed by atoms with Gasteiger partial charge in [0.2, 0.25) is 0 Å². The molecule has 14 heteroatoms. The number of nitrogens with zero attached hydrogens (tertiary/aromatic N) is 14. The van der Waals surface area contributed by atoms with Crippen LogP contribution in [0.15, 0.2) is 304 Å². The summed E-state index contributed by atoms with van der Waals surface area (Å²) in [5.41, 5.74) is 29.0. The molecule has 0 unspecified atom stereocenters. The highest BCUT2D eigenvalue weighted by Crippen LogP contribution is 2.52. The molecule has 0 radical (unpaired) electrons. The lowest BCUT2D eigenvalue weighted by atomic mass is 9.81. The van der Waals surface area contributed by atoms with Crippen LogP contribution in [0.5, 0.6) is 0 Å². The van der Waals surface area contributed by atoms with Crippen LogP contribution < -0.4 is 0 Å².